The van der Waals surface area contributed by atoms with Crippen molar-refractivity contribution in [2.24, 2.45) is 11.8 Å². The number of ketones is 1. The molecule has 7 nitrogen and oxygen atoms in total. The molecule has 0 radical (unpaired) electrons. The lowest BCUT2D eigenvalue weighted by Crippen LogP contribution is -2.36. The number of nitrogens with one attached hydrogen (secondary N) is 1. The highest BCUT2D eigenvalue weighted by atomic mass is 16.2. The number of aromatic nitrogens is 3. The Bertz CT molecular complexity index is 1450. The van der Waals surface area contributed by atoms with Gasteiger partial charge in [-0.25, -0.2) is 0 Å². The molecule has 3 aromatic rings. The summed E-state index contributed by atoms with van der Waals surface area (Å²) >= 11 is 0. The molecule has 7 rings (SSSR count). The summed E-state index contributed by atoms with van der Waals surface area (Å²) in [5.41, 5.74) is 7.65. The number of aryl methyl sites for hydroxylation is 1. The summed E-state index contributed by atoms with van der Waals surface area (Å²) < 4.78 is 1.86. The van der Waals surface area contributed by atoms with E-state index < -0.39 is 0 Å². The third kappa shape index (κ3) is 4.63. The number of Topliss-reactive ketones (excluding diaryl/α,β-unsaturated/α-hetero) is 1. The number of nitrogens with zero attached hydrogens (tertiary/aromatic N) is 4. The molecule has 4 aliphatic rings. The van der Waals surface area contributed by atoms with E-state index in [-0.39, 0.29) is 11.8 Å². The van der Waals surface area contributed by atoms with Crippen LogP contribution in [0, 0.1) is 11.8 Å². The number of fused-ring (bicyclic) bond motifs is 5. The van der Waals surface area contributed by atoms with Gasteiger partial charge < -0.3 is 10.2 Å². The quantitative estimate of drug-likeness (QED) is 0.478. The molecule has 1 saturated heterocycles. The molecule has 1 N–H and O–H groups in total. The zero-order valence-electron chi connectivity index (χ0n) is 22.4. The molecule has 1 aromatic carbocycles. The van der Waals surface area contributed by atoms with Crippen LogP contribution < -0.4 is 5.32 Å². The summed E-state index contributed by atoms with van der Waals surface area (Å²) in [6.45, 7) is 4.80. The zero-order chi connectivity index (χ0) is 26.3. The standard InChI is InChI=1S/C32H35N5O2/c38-31(26-5-3-4-24(26)20-36-15-1-2-16-36)22-9-6-21(7-10-22)8-12-25-18-28-23(19-34-25)11-13-27-29(28)35-37-17-14-33-32(39)30(27)37/h6-10,12,18-19,24,26H,1-5,11,13-17,20H2,(H,33,39)/t24-,26?/m0/s1. The van der Waals surface area contributed by atoms with E-state index in [4.69, 9.17) is 5.10 Å². The highest BCUT2D eigenvalue weighted by Gasteiger charge is 2.35. The van der Waals surface area contributed by atoms with Crippen LogP contribution in [0.5, 0.6) is 0 Å². The summed E-state index contributed by atoms with van der Waals surface area (Å²) in [5.74, 6) is 0.956. The van der Waals surface area contributed by atoms with Crippen LogP contribution in [0.1, 0.15) is 75.3 Å². The van der Waals surface area contributed by atoms with Crippen molar-refractivity contribution in [1.29, 1.82) is 0 Å². The zero-order valence-corrected chi connectivity index (χ0v) is 22.4. The predicted molar refractivity (Wildman–Crippen MR) is 151 cm³/mol. The molecule has 4 heterocycles. The van der Waals surface area contributed by atoms with Gasteiger partial charge in [-0.3, -0.25) is 19.3 Å². The van der Waals surface area contributed by atoms with E-state index in [1.165, 1.54) is 44.3 Å². The number of benzene rings is 1. The number of pyridine rings is 1. The van der Waals surface area contributed by atoms with Gasteiger partial charge in [0.2, 0.25) is 0 Å². The second kappa shape index (κ2) is 10.2. The van der Waals surface area contributed by atoms with E-state index in [1.54, 1.807) is 0 Å². The van der Waals surface area contributed by atoms with E-state index in [0.717, 1.165) is 59.4 Å². The normalized spacial score (nSPS) is 22.5. The average Bonchev–Trinajstić information content (AvgIpc) is 3.73. The topological polar surface area (TPSA) is 80.1 Å². The molecular formula is C32H35N5O2. The van der Waals surface area contributed by atoms with Crippen LogP contribution >= 0.6 is 0 Å². The molecule has 39 heavy (non-hydrogen) atoms. The Morgan fingerprint density at radius 1 is 1.03 bits per heavy atom. The molecular weight excluding hydrogens is 486 g/mol. The van der Waals surface area contributed by atoms with Crippen molar-refractivity contribution >= 4 is 23.8 Å². The third-order valence-corrected chi connectivity index (χ3v) is 9.11. The van der Waals surface area contributed by atoms with Crippen LogP contribution in [0.3, 0.4) is 0 Å². The van der Waals surface area contributed by atoms with Crippen LogP contribution in [-0.4, -0.2) is 57.5 Å². The molecule has 2 aliphatic carbocycles. The van der Waals surface area contributed by atoms with Crippen molar-refractivity contribution in [3.8, 4) is 11.3 Å². The van der Waals surface area contributed by atoms with Crippen molar-refractivity contribution in [3.63, 3.8) is 0 Å². The number of carbonyl (C=O) groups excluding carboxylic acids is 2. The first-order valence-electron chi connectivity index (χ1n) is 14.6. The number of likely N-dealkylation sites (tertiary alicyclic amines) is 1. The Morgan fingerprint density at radius 3 is 2.72 bits per heavy atom. The van der Waals surface area contributed by atoms with Gasteiger partial charge in [0.15, 0.2) is 5.78 Å². The lowest BCUT2D eigenvalue weighted by atomic mass is 9.87. The monoisotopic (exact) mass is 521 g/mol. The van der Waals surface area contributed by atoms with E-state index >= 15 is 0 Å². The molecule has 0 bridgehead atoms. The maximum absolute atomic E-state index is 13.4. The molecule has 1 amide bonds. The molecule has 2 atom stereocenters. The summed E-state index contributed by atoms with van der Waals surface area (Å²) in [4.78, 5) is 33.1. The van der Waals surface area contributed by atoms with Gasteiger partial charge in [0, 0.05) is 41.9 Å². The van der Waals surface area contributed by atoms with E-state index in [1.807, 2.05) is 47.3 Å². The molecule has 0 spiro atoms. The fraction of sp³-hybridized carbons (Fsp3) is 0.438. The van der Waals surface area contributed by atoms with E-state index in [0.29, 0.717) is 30.5 Å². The predicted octanol–water partition coefficient (Wildman–Crippen LogP) is 4.65. The molecule has 1 saturated carbocycles. The van der Waals surface area contributed by atoms with Crippen molar-refractivity contribution in [2.75, 3.05) is 26.2 Å². The van der Waals surface area contributed by atoms with Crippen LogP contribution in [0.25, 0.3) is 23.4 Å². The summed E-state index contributed by atoms with van der Waals surface area (Å²) in [6.07, 6.45) is 13.6. The minimum atomic E-state index is -0.0235. The van der Waals surface area contributed by atoms with Gasteiger partial charge in [0.25, 0.3) is 5.91 Å². The number of hydrogen-bond acceptors (Lipinski definition) is 5. The second-order valence-electron chi connectivity index (χ2n) is 11.5. The van der Waals surface area contributed by atoms with Crippen LogP contribution in [0.15, 0.2) is 36.5 Å². The Kier molecular flexibility index (Phi) is 6.39. The summed E-state index contributed by atoms with van der Waals surface area (Å²) in [6, 6.07) is 10.1. The highest BCUT2D eigenvalue weighted by Crippen LogP contribution is 2.37. The lowest BCUT2D eigenvalue weighted by Gasteiger charge is -2.24. The number of carbonyl (C=O) groups is 2. The fourth-order valence-corrected chi connectivity index (χ4v) is 7.05. The third-order valence-electron chi connectivity index (χ3n) is 9.11. The number of rotatable bonds is 6. The van der Waals surface area contributed by atoms with Crippen LogP contribution in [0.4, 0.5) is 0 Å². The molecule has 200 valence electrons. The summed E-state index contributed by atoms with van der Waals surface area (Å²) in [7, 11) is 0. The maximum atomic E-state index is 13.4. The van der Waals surface area contributed by atoms with Crippen molar-refractivity contribution in [1.82, 2.24) is 25.0 Å². The minimum Gasteiger partial charge on any atom is -0.349 e. The Labute approximate surface area is 229 Å². The fourth-order valence-electron chi connectivity index (χ4n) is 7.05. The molecule has 2 aliphatic heterocycles. The molecule has 2 fully saturated rings. The Balaban J connectivity index is 1.06. The van der Waals surface area contributed by atoms with Gasteiger partial charge in [-0.05, 0) is 80.8 Å². The molecule has 7 heteroatoms. The van der Waals surface area contributed by atoms with Gasteiger partial charge in [-0.2, -0.15) is 5.10 Å². The van der Waals surface area contributed by atoms with Crippen LogP contribution in [0.2, 0.25) is 0 Å². The Morgan fingerprint density at radius 2 is 1.87 bits per heavy atom. The van der Waals surface area contributed by atoms with Crippen LogP contribution in [-0.2, 0) is 19.4 Å². The smallest absolute Gasteiger partial charge is 0.269 e. The first kappa shape index (κ1) is 24.5. The average molecular weight is 522 g/mol. The molecule has 1 unspecified atom stereocenters. The first-order chi connectivity index (χ1) is 19.1. The first-order valence-corrected chi connectivity index (χ1v) is 14.6. The molecule has 2 aromatic heterocycles. The van der Waals surface area contributed by atoms with E-state index in [2.05, 4.69) is 21.3 Å². The van der Waals surface area contributed by atoms with Crippen molar-refractivity contribution < 1.29 is 9.59 Å². The van der Waals surface area contributed by atoms with Gasteiger partial charge >= 0.3 is 0 Å². The number of hydrogen-bond donors (Lipinski definition) is 1. The van der Waals surface area contributed by atoms with Gasteiger partial charge in [0.1, 0.15) is 5.69 Å². The maximum Gasteiger partial charge on any atom is 0.269 e. The SMILES string of the molecule is O=C1NCCn2nc3c(c21)CCc1cnc(C=Cc2ccc(C(=O)C4CCC[C@H]4CN4CCCC4)cc2)cc1-3. The van der Waals surface area contributed by atoms with Crippen molar-refractivity contribution in [3.05, 3.63) is 70.2 Å². The van der Waals surface area contributed by atoms with Crippen molar-refractivity contribution in [2.45, 2.75) is 51.5 Å². The summed E-state index contributed by atoms with van der Waals surface area (Å²) in [5, 5.41) is 7.75. The lowest BCUT2D eigenvalue weighted by molar-refractivity contribution is 0.0872. The largest absolute Gasteiger partial charge is 0.349 e. The minimum absolute atomic E-state index is 0.0235. The van der Waals surface area contributed by atoms with Gasteiger partial charge in [-0.1, -0.05) is 36.8 Å². The second-order valence-corrected chi connectivity index (χ2v) is 11.5. The van der Waals surface area contributed by atoms with E-state index in [9.17, 15) is 9.59 Å². The highest BCUT2D eigenvalue weighted by molar-refractivity contribution is 5.98. The van der Waals surface area contributed by atoms with Gasteiger partial charge in [0.05, 0.1) is 17.9 Å². The number of amides is 1. The Hall–Kier alpha value is -3.58. The van der Waals surface area contributed by atoms with Gasteiger partial charge in [-0.15, -0.1) is 0 Å².